The maximum Gasteiger partial charge on any atom is 0.195 e. The number of nitrogens with zero attached hydrogens (tertiary/aromatic N) is 3. The minimum absolute atomic E-state index is 0.0237. The van der Waals surface area contributed by atoms with E-state index in [0.29, 0.717) is 44.1 Å². The van der Waals surface area contributed by atoms with Crippen molar-refractivity contribution in [1.29, 1.82) is 11.1 Å². The van der Waals surface area contributed by atoms with Crippen molar-refractivity contribution >= 4 is 17.1 Å². The van der Waals surface area contributed by atoms with Crippen LogP contribution in [0.4, 0.5) is 8.78 Å². The molecule has 0 heterocycles. The Bertz CT molecular complexity index is 1450. The zero-order valence-electron chi connectivity index (χ0n) is 22.6. The summed E-state index contributed by atoms with van der Waals surface area (Å²) in [6.07, 6.45) is 3.98. The lowest BCUT2D eigenvalue weighted by Gasteiger charge is -2.42. The summed E-state index contributed by atoms with van der Waals surface area (Å²) in [5.41, 5.74) is 18.0. The third-order valence-corrected chi connectivity index (χ3v) is 8.84. The highest BCUT2D eigenvalue weighted by Gasteiger charge is 2.56. The molecule has 1 fully saturated rings. The molecule has 3 aromatic carbocycles. The second kappa shape index (κ2) is 11.6. The van der Waals surface area contributed by atoms with Crippen LogP contribution in [0.25, 0.3) is 5.57 Å². The van der Waals surface area contributed by atoms with Gasteiger partial charge in [0.05, 0.1) is 11.0 Å². The van der Waals surface area contributed by atoms with E-state index in [9.17, 15) is 13.6 Å². The fraction of sp³-hybridized carbons (Fsp3) is 0.312. The third kappa shape index (κ3) is 5.24. The number of hydrogen-bond acceptors (Lipinski definition) is 7. The number of carbonyl (C=O) groups is 1. The topological polar surface area (TPSA) is 128 Å². The first kappa shape index (κ1) is 28.1. The minimum atomic E-state index is -0.918. The predicted molar refractivity (Wildman–Crippen MR) is 152 cm³/mol. The van der Waals surface area contributed by atoms with Gasteiger partial charge in [0.15, 0.2) is 11.5 Å². The Morgan fingerprint density at radius 2 is 1.39 bits per heavy atom. The number of nitrogens with two attached hydrogens (primary N) is 1. The van der Waals surface area contributed by atoms with Crippen molar-refractivity contribution in [2.75, 3.05) is 0 Å². The average molecular weight is 555 g/mol. The molecule has 5 rings (SSSR count). The summed E-state index contributed by atoms with van der Waals surface area (Å²) < 4.78 is 27.3. The van der Waals surface area contributed by atoms with Crippen LogP contribution in [0.3, 0.4) is 0 Å². The maximum atomic E-state index is 13.7. The molecule has 1 spiro atoms. The first-order valence-electron chi connectivity index (χ1n) is 13.8. The van der Waals surface area contributed by atoms with Gasteiger partial charge in [-0.3, -0.25) is 4.79 Å². The lowest BCUT2D eigenvalue weighted by Crippen LogP contribution is -2.42. The Labute approximate surface area is 237 Å². The number of hydrazone groups is 1. The molecule has 0 unspecified atom stereocenters. The quantitative estimate of drug-likeness (QED) is 0.141. The van der Waals surface area contributed by atoms with Gasteiger partial charge >= 0.3 is 0 Å². The molecular formula is C32H32F2N6O. The molecule has 0 aliphatic heterocycles. The standard InChI is InChI=1S/C32H32F2N6O/c33-24-12-8-21(9-13-24)26(22-10-14-25(34)15-11-22)7-4-16-31(40-37)17-19-32(20-18-31)27(23-5-2-1-3-6-23)28(38-35)29(39-36)30(32)41/h1-3,5-6,8-15,26,35,37H,4,7,16-20,36H2. The Morgan fingerprint density at radius 3 is 1.88 bits per heavy atom. The molecule has 0 atom stereocenters. The summed E-state index contributed by atoms with van der Waals surface area (Å²) in [5, 5.41) is 11.5. The van der Waals surface area contributed by atoms with Crippen molar-refractivity contribution in [1.82, 2.24) is 0 Å². The molecule has 1 saturated carbocycles. The maximum absolute atomic E-state index is 13.7. The molecule has 210 valence electrons. The highest BCUT2D eigenvalue weighted by atomic mass is 19.1. The zero-order valence-corrected chi connectivity index (χ0v) is 22.6. The summed E-state index contributed by atoms with van der Waals surface area (Å²) in [4.78, 5) is 13.7. The van der Waals surface area contributed by atoms with Gasteiger partial charge in [0.2, 0.25) is 0 Å². The largest absolute Gasteiger partial charge is 0.323 e. The molecule has 41 heavy (non-hydrogen) atoms. The molecule has 0 aromatic heterocycles. The number of nitrogens with one attached hydrogen (secondary N) is 2. The van der Waals surface area contributed by atoms with Crippen LogP contribution in [0, 0.1) is 28.1 Å². The normalized spacial score (nSPS) is 23.5. The second-order valence-electron chi connectivity index (χ2n) is 11.0. The van der Waals surface area contributed by atoms with Crippen LogP contribution in [0.5, 0.6) is 0 Å². The van der Waals surface area contributed by atoms with Gasteiger partial charge in [-0.25, -0.2) is 19.8 Å². The number of rotatable bonds is 9. The summed E-state index contributed by atoms with van der Waals surface area (Å²) >= 11 is 0. The zero-order chi connectivity index (χ0) is 29.0. The fourth-order valence-electron chi connectivity index (χ4n) is 6.63. The van der Waals surface area contributed by atoms with Crippen LogP contribution < -0.4 is 5.84 Å². The lowest BCUT2D eigenvalue weighted by atomic mass is 9.61. The summed E-state index contributed by atoms with van der Waals surface area (Å²) in [5.74, 6) is 4.68. The van der Waals surface area contributed by atoms with Gasteiger partial charge in [-0.05, 0) is 79.5 Å². The smallest absolute Gasteiger partial charge is 0.195 e. The van der Waals surface area contributed by atoms with Gasteiger partial charge in [-0.2, -0.15) is 15.3 Å². The molecular weight excluding hydrogens is 522 g/mol. The average Bonchev–Trinajstić information content (AvgIpc) is 3.24. The number of benzene rings is 3. The monoisotopic (exact) mass is 554 g/mol. The van der Waals surface area contributed by atoms with E-state index >= 15 is 0 Å². The van der Waals surface area contributed by atoms with Crippen molar-refractivity contribution in [2.24, 2.45) is 26.6 Å². The molecule has 2 aliphatic rings. The van der Waals surface area contributed by atoms with Crippen LogP contribution in [0.1, 0.15) is 67.6 Å². The van der Waals surface area contributed by atoms with Crippen molar-refractivity contribution in [3.8, 4) is 0 Å². The first-order chi connectivity index (χ1) is 19.9. The SMILES string of the molecule is N=NC1=C(c2ccccc2)C2(CCC(CCCC(c3ccc(F)cc3)c3ccc(F)cc3)(N=N)CC2)C(=O)C1=NN. The van der Waals surface area contributed by atoms with Gasteiger partial charge in [0, 0.05) is 11.5 Å². The number of halogens is 2. The van der Waals surface area contributed by atoms with Gasteiger partial charge < -0.3 is 5.84 Å². The van der Waals surface area contributed by atoms with Gasteiger partial charge in [-0.1, -0.05) is 61.0 Å². The predicted octanol–water partition coefficient (Wildman–Crippen LogP) is 7.94. The van der Waals surface area contributed by atoms with Crippen LogP contribution in [-0.4, -0.2) is 17.0 Å². The van der Waals surface area contributed by atoms with Gasteiger partial charge in [0.25, 0.3) is 0 Å². The molecule has 4 N–H and O–H groups in total. The summed E-state index contributed by atoms with van der Waals surface area (Å²) in [7, 11) is 0. The Morgan fingerprint density at radius 1 is 0.829 bits per heavy atom. The van der Waals surface area contributed by atoms with Gasteiger partial charge in [0.1, 0.15) is 17.3 Å². The van der Waals surface area contributed by atoms with Crippen LogP contribution >= 0.6 is 0 Å². The highest BCUT2D eigenvalue weighted by Crippen LogP contribution is 2.56. The van der Waals surface area contributed by atoms with Crippen molar-refractivity contribution < 1.29 is 13.6 Å². The number of allylic oxidation sites excluding steroid dienone is 2. The molecule has 9 heteroatoms. The van der Waals surface area contributed by atoms with E-state index in [2.05, 4.69) is 15.3 Å². The molecule has 0 saturated heterocycles. The molecule has 0 radical (unpaired) electrons. The van der Waals surface area contributed by atoms with Crippen molar-refractivity contribution in [3.05, 3.63) is 113 Å². The van der Waals surface area contributed by atoms with E-state index < -0.39 is 11.0 Å². The molecule has 2 aliphatic carbocycles. The fourth-order valence-corrected chi connectivity index (χ4v) is 6.63. The summed E-state index contributed by atoms with van der Waals surface area (Å²) in [6, 6.07) is 22.2. The van der Waals surface area contributed by atoms with Crippen LogP contribution in [0.2, 0.25) is 0 Å². The molecule has 0 bridgehead atoms. The highest BCUT2D eigenvalue weighted by molar-refractivity contribution is 6.54. The second-order valence-corrected chi connectivity index (χ2v) is 11.0. The number of ketones is 1. The Balaban J connectivity index is 1.36. The van der Waals surface area contributed by atoms with Gasteiger partial charge in [-0.15, -0.1) is 0 Å². The number of carbonyl (C=O) groups excluding carboxylic acids is 1. The Kier molecular flexibility index (Phi) is 7.97. The van der Waals surface area contributed by atoms with Crippen molar-refractivity contribution in [3.63, 3.8) is 0 Å². The van der Waals surface area contributed by atoms with Crippen LogP contribution in [-0.2, 0) is 4.79 Å². The first-order valence-corrected chi connectivity index (χ1v) is 13.8. The van der Waals surface area contributed by atoms with E-state index in [-0.39, 0.29) is 34.7 Å². The molecule has 7 nitrogen and oxygen atoms in total. The van der Waals surface area contributed by atoms with Crippen LogP contribution in [0.15, 0.2) is 99.9 Å². The van der Waals surface area contributed by atoms with E-state index in [1.807, 2.05) is 30.3 Å². The summed E-state index contributed by atoms with van der Waals surface area (Å²) in [6.45, 7) is 0. The number of Topliss-reactive ketones (excluding diaryl/α,β-unsaturated/α-hetero) is 1. The van der Waals surface area contributed by atoms with E-state index in [1.54, 1.807) is 24.3 Å². The Hall–Kier alpha value is -4.40. The van der Waals surface area contributed by atoms with E-state index in [4.69, 9.17) is 16.9 Å². The molecule has 0 amide bonds. The van der Waals surface area contributed by atoms with E-state index in [0.717, 1.165) is 23.1 Å². The van der Waals surface area contributed by atoms with Crippen molar-refractivity contribution in [2.45, 2.75) is 56.4 Å². The minimum Gasteiger partial charge on any atom is -0.323 e. The lowest BCUT2D eigenvalue weighted by molar-refractivity contribution is -0.120. The third-order valence-electron chi connectivity index (χ3n) is 8.84. The molecule has 3 aromatic rings. The number of hydrogen-bond donors (Lipinski definition) is 3. The van der Waals surface area contributed by atoms with E-state index in [1.165, 1.54) is 24.3 Å².